The molecule has 0 radical (unpaired) electrons. The smallest absolute Gasteiger partial charge is 0.141 e. The van der Waals surface area contributed by atoms with Gasteiger partial charge in [-0.05, 0) is 19.0 Å². The van der Waals surface area contributed by atoms with Gasteiger partial charge in [0.15, 0.2) is 0 Å². The van der Waals surface area contributed by atoms with E-state index in [4.69, 9.17) is 0 Å². The van der Waals surface area contributed by atoms with E-state index in [0.717, 1.165) is 24.9 Å². The molecule has 1 aromatic heterocycles. The van der Waals surface area contributed by atoms with Crippen LogP contribution < -0.4 is 5.32 Å². The first-order chi connectivity index (χ1) is 9.20. The second-order valence-electron chi connectivity index (χ2n) is 4.25. The van der Waals surface area contributed by atoms with E-state index in [1.54, 1.807) is 4.68 Å². The van der Waals surface area contributed by atoms with Gasteiger partial charge >= 0.3 is 0 Å². The lowest BCUT2D eigenvalue weighted by Gasteiger charge is -2.08. The Balaban J connectivity index is 2.08. The number of hydrogen-bond acceptors (Lipinski definition) is 3. The summed E-state index contributed by atoms with van der Waals surface area (Å²) in [6.45, 7) is 3.79. The first-order valence-electron chi connectivity index (χ1n) is 6.22. The van der Waals surface area contributed by atoms with E-state index in [-0.39, 0.29) is 6.54 Å². The van der Waals surface area contributed by atoms with E-state index < -0.39 is 11.6 Å². The monoisotopic (exact) mass is 266 g/mol. The van der Waals surface area contributed by atoms with Crippen LogP contribution in [0.3, 0.4) is 0 Å². The third kappa shape index (κ3) is 3.57. The molecule has 0 aliphatic heterocycles. The van der Waals surface area contributed by atoms with E-state index >= 15 is 0 Å². The van der Waals surface area contributed by atoms with Crippen molar-refractivity contribution in [2.45, 2.75) is 26.4 Å². The molecule has 4 nitrogen and oxygen atoms in total. The molecule has 1 heterocycles. The van der Waals surface area contributed by atoms with Crippen molar-refractivity contribution in [3.8, 4) is 0 Å². The Morgan fingerprint density at radius 1 is 1.32 bits per heavy atom. The molecular weight excluding hydrogens is 250 g/mol. The predicted molar refractivity (Wildman–Crippen MR) is 67.5 cm³/mol. The zero-order valence-corrected chi connectivity index (χ0v) is 10.7. The average Bonchev–Trinajstić information content (AvgIpc) is 2.81. The molecule has 0 atom stereocenters. The lowest BCUT2D eigenvalue weighted by atomic mass is 10.2. The number of nitrogens with zero attached hydrogens (tertiary/aromatic N) is 3. The Hall–Kier alpha value is -1.82. The van der Waals surface area contributed by atoms with Gasteiger partial charge in [0.25, 0.3) is 0 Å². The summed E-state index contributed by atoms with van der Waals surface area (Å²) in [6, 6.07) is 3.54. The second kappa shape index (κ2) is 6.38. The van der Waals surface area contributed by atoms with E-state index in [1.165, 1.54) is 18.5 Å². The van der Waals surface area contributed by atoms with Crippen LogP contribution in [0.5, 0.6) is 0 Å². The number of nitrogens with one attached hydrogen (secondary N) is 1. The minimum Gasteiger partial charge on any atom is -0.310 e. The summed E-state index contributed by atoms with van der Waals surface area (Å²) in [5, 5.41) is 7.27. The zero-order valence-electron chi connectivity index (χ0n) is 10.7. The number of aromatic nitrogens is 3. The van der Waals surface area contributed by atoms with Crippen molar-refractivity contribution in [2.75, 3.05) is 6.54 Å². The molecule has 6 heteroatoms. The topological polar surface area (TPSA) is 42.7 Å². The van der Waals surface area contributed by atoms with Gasteiger partial charge in [0.2, 0.25) is 0 Å². The molecule has 0 saturated heterocycles. The van der Waals surface area contributed by atoms with Gasteiger partial charge in [0.05, 0.1) is 13.1 Å². The molecule has 0 aliphatic rings. The van der Waals surface area contributed by atoms with Gasteiger partial charge in [-0.1, -0.05) is 13.0 Å². The van der Waals surface area contributed by atoms with Crippen LogP contribution >= 0.6 is 0 Å². The Kier molecular flexibility index (Phi) is 4.57. The van der Waals surface area contributed by atoms with Crippen molar-refractivity contribution < 1.29 is 8.78 Å². The minimum atomic E-state index is -0.579. The van der Waals surface area contributed by atoms with Crippen molar-refractivity contribution in [2.24, 2.45) is 0 Å². The molecule has 2 aromatic rings. The fourth-order valence-electron chi connectivity index (χ4n) is 1.75. The van der Waals surface area contributed by atoms with Crippen LogP contribution in [-0.2, 0) is 13.1 Å². The van der Waals surface area contributed by atoms with Crippen LogP contribution in [0, 0.1) is 11.6 Å². The number of halogens is 2. The fraction of sp³-hybridized carbons (Fsp3) is 0.385. The third-order valence-electron chi connectivity index (χ3n) is 2.74. The molecule has 0 spiro atoms. The van der Waals surface area contributed by atoms with Crippen molar-refractivity contribution in [1.29, 1.82) is 0 Å². The molecule has 0 aliphatic carbocycles. The number of hydrogen-bond donors (Lipinski definition) is 1. The van der Waals surface area contributed by atoms with Gasteiger partial charge in [-0.25, -0.2) is 18.4 Å². The molecule has 19 heavy (non-hydrogen) atoms. The molecule has 0 fully saturated rings. The molecule has 1 aromatic carbocycles. The fourth-order valence-corrected chi connectivity index (χ4v) is 1.75. The highest BCUT2D eigenvalue weighted by Crippen LogP contribution is 2.11. The molecule has 0 unspecified atom stereocenters. The number of benzene rings is 1. The average molecular weight is 266 g/mol. The Morgan fingerprint density at radius 2 is 2.16 bits per heavy atom. The normalized spacial score (nSPS) is 10.9. The van der Waals surface area contributed by atoms with Crippen LogP contribution in [0.4, 0.5) is 8.78 Å². The molecule has 2 rings (SSSR count). The molecule has 0 bridgehead atoms. The van der Waals surface area contributed by atoms with Crippen molar-refractivity contribution in [1.82, 2.24) is 20.1 Å². The van der Waals surface area contributed by atoms with Crippen LogP contribution in [0.15, 0.2) is 24.5 Å². The van der Waals surface area contributed by atoms with Crippen LogP contribution in [-0.4, -0.2) is 21.3 Å². The maximum absolute atomic E-state index is 13.6. The predicted octanol–water partition coefficient (Wildman–Crippen LogP) is 2.10. The largest absolute Gasteiger partial charge is 0.310 e. The first-order valence-corrected chi connectivity index (χ1v) is 6.22. The third-order valence-corrected chi connectivity index (χ3v) is 2.74. The van der Waals surface area contributed by atoms with E-state index in [9.17, 15) is 8.78 Å². The lowest BCUT2D eigenvalue weighted by molar-refractivity contribution is 0.542. The van der Waals surface area contributed by atoms with Crippen LogP contribution in [0.1, 0.15) is 24.7 Å². The molecule has 0 amide bonds. The van der Waals surface area contributed by atoms with Gasteiger partial charge in [-0.3, -0.25) is 0 Å². The second-order valence-corrected chi connectivity index (χ2v) is 4.25. The maximum atomic E-state index is 13.6. The van der Waals surface area contributed by atoms with Gasteiger partial charge in [0.1, 0.15) is 23.8 Å². The Labute approximate surface area is 110 Å². The standard InChI is InChI=1S/C13H16F2N4/c1-2-5-16-7-13-17-9-18-19(13)8-10-3-4-11(14)6-12(10)15/h3-4,6,9,16H,2,5,7-8H2,1H3. The summed E-state index contributed by atoms with van der Waals surface area (Å²) in [7, 11) is 0. The molecule has 0 saturated carbocycles. The summed E-state index contributed by atoms with van der Waals surface area (Å²) in [6.07, 6.45) is 2.46. The van der Waals surface area contributed by atoms with E-state index in [2.05, 4.69) is 22.3 Å². The van der Waals surface area contributed by atoms with Gasteiger partial charge in [0, 0.05) is 11.6 Å². The van der Waals surface area contributed by atoms with Crippen molar-refractivity contribution in [3.63, 3.8) is 0 Å². The molecular formula is C13H16F2N4. The van der Waals surface area contributed by atoms with Gasteiger partial charge in [-0.15, -0.1) is 0 Å². The Morgan fingerprint density at radius 3 is 2.89 bits per heavy atom. The highest BCUT2D eigenvalue weighted by atomic mass is 19.1. The highest BCUT2D eigenvalue weighted by Gasteiger charge is 2.08. The summed E-state index contributed by atoms with van der Waals surface area (Å²) >= 11 is 0. The maximum Gasteiger partial charge on any atom is 0.141 e. The van der Waals surface area contributed by atoms with Crippen LogP contribution in [0.2, 0.25) is 0 Å². The van der Waals surface area contributed by atoms with E-state index in [0.29, 0.717) is 12.1 Å². The lowest BCUT2D eigenvalue weighted by Crippen LogP contribution is -2.18. The zero-order chi connectivity index (χ0) is 13.7. The SMILES string of the molecule is CCCNCc1ncnn1Cc1ccc(F)cc1F. The molecule has 102 valence electrons. The summed E-state index contributed by atoms with van der Waals surface area (Å²) in [4.78, 5) is 4.12. The Bertz CT molecular complexity index is 539. The van der Waals surface area contributed by atoms with Crippen molar-refractivity contribution in [3.05, 3.63) is 47.5 Å². The first kappa shape index (κ1) is 13.6. The summed E-state index contributed by atoms with van der Waals surface area (Å²) in [5.41, 5.74) is 0.392. The number of rotatable bonds is 6. The van der Waals surface area contributed by atoms with Gasteiger partial charge < -0.3 is 5.32 Å². The minimum absolute atomic E-state index is 0.245. The quantitative estimate of drug-likeness (QED) is 0.814. The highest BCUT2D eigenvalue weighted by molar-refractivity contribution is 5.18. The summed E-state index contributed by atoms with van der Waals surface area (Å²) < 4.78 is 28.0. The van der Waals surface area contributed by atoms with E-state index in [1.807, 2.05) is 0 Å². The van der Waals surface area contributed by atoms with Gasteiger partial charge in [-0.2, -0.15) is 5.10 Å². The molecule has 1 N–H and O–H groups in total. The van der Waals surface area contributed by atoms with Crippen molar-refractivity contribution >= 4 is 0 Å². The van der Waals surface area contributed by atoms with Crippen LogP contribution in [0.25, 0.3) is 0 Å². The summed E-state index contributed by atoms with van der Waals surface area (Å²) in [5.74, 6) is -0.412.